The summed E-state index contributed by atoms with van der Waals surface area (Å²) in [6, 6.07) is 7.65. The van der Waals surface area contributed by atoms with Crippen LogP contribution in [0.25, 0.3) is 0 Å². The van der Waals surface area contributed by atoms with Crippen LogP contribution in [0.4, 0.5) is 0 Å². The number of hydrogen-bond donors (Lipinski definition) is 1. The van der Waals surface area contributed by atoms with Gasteiger partial charge in [-0.25, -0.2) is 0 Å². The Morgan fingerprint density at radius 3 is 2.23 bits per heavy atom. The van der Waals surface area contributed by atoms with Crippen LogP contribution in [0.5, 0.6) is 0 Å². The van der Waals surface area contributed by atoms with Crippen molar-refractivity contribution in [1.82, 2.24) is 0 Å². The second-order valence-electron chi connectivity index (χ2n) is 3.17. The highest BCUT2D eigenvalue weighted by Crippen LogP contribution is 2.15. The first-order valence-corrected chi connectivity index (χ1v) is 4.51. The third kappa shape index (κ3) is 2.46. The Hall–Kier alpha value is -1.02. The Kier molecular flexibility index (Phi) is 3.32. The molecule has 0 aliphatic heterocycles. The molecule has 0 aliphatic rings. The third-order valence-electron chi connectivity index (χ3n) is 1.90. The average Bonchev–Trinajstić information content (AvgIpc) is 2.17. The second-order valence-corrected chi connectivity index (χ2v) is 3.53. The maximum atomic E-state index is 8.42. The maximum Gasteiger partial charge on any atom is 0.175 e. The van der Waals surface area contributed by atoms with E-state index < -0.39 is 0 Å². The second kappa shape index (κ2) is 4.28. The van der Waals surface area contributed by atoms with Crippen molar-refractivity contribution in [2.24, 2.45) is 5.16 Å². The molecule has 0 saturated carbocycles. The van der Waals surface area contributed by atoms with Crippen LogP contribution in [0.2, 0.25) is 0 Å². The van der Waals surface area contributed by atoms with E-state index in [1.54, 1.807) is 0 Å². The fraction of sp³-hybridized carbons (Fsp3) is 0.300. The molecule has 2 nitrogen and oxygen atoms in total. The minimum Gasteiger partial charge on any atom is -0.410 e. The van der Waals surface area contributed by atoms with Crippen LogP contribution in [0.15, 0.2) is 29.4 Å². The number of hydrogen-bond acceptors (Lipinski definition) is 2. The molecule has 1 aromatic rings. The predicted molar refractivity (Wildman–Crippen MR) is 54.7 cm³/mol. The minimum atomic E-state index is 0.121. The zero-order chi connectivity index (χ0) is 9.84. The Bertz CT molecular complexity index is 303. The van der Waals surface area contributed by atoms with E-state index >= 15 is 0 Å². The van der Waals surface area contributed by atoms with Crippen molar-refractivity contribution in [3.63, 3.8) is 0 Å². The quantitative estimate of drug-likeness (QED) is 0.441. The highest BCUT2D eigenvalue weighted by molar-refractivity contribution is 6.69. The van der Waals surface area contributed by atoms with Crippen molar-refractivity contribution in [2.75, 3.05) is 0 Å². The molecule has 0 saturated heterocycles. The number of rotatable bonds is 2. The molecule has 70 valence electrons. The van der Waals surface area contributed by atoms with E-state index in [1.165, 1.54) is 5.56 Å². The molecule has 0 unspecified atom stereocenters. The first kappa shape index (κ1) is 10.1. The van der Waals surface area contributed by atoms with Crippen molar-refractivity contribution in [3.8, 4) is 0 Å². The first-order chi connectivity index (χ1) is 6.15. The summed E-state index contributed by atoms with van der Waals surface area (Å²) in [4.78, 5) is 0. The monoisotopic (exact) mass is 197 g/mol. The van der Waals surface area contributed by atoms with Gasteiger partial charge in [0.05, 0.1) is 0 Å². The molecule has 0 spiro atoms. The lowest BCUT2D eigenvalue weighted by Crippen LogP contribution is -1.92. The number of nitrogens with zero attached hydrogens (tertiary/aromatic N) is 1. The Labute approximate surface area is 82.8 Å². The fourth-order valence-electron chi connectivity index (χ4n) is 1.06. The van der Waals surface area contributed by atoms with Crippen molar-refractivity contribution in [1.29, 1.82) is 0 Å². The van der Waals surface area contributed by atoms with Gasteiger partial charge < -0.3 is 5.21 Å². The van der Waals surface area contributed by atoms with Gasteiger partial charge in [-0.05, 0) is 11.5 Å². The van der Waals surface area contributed by atoms with E-state index in [0.29, 0.717) is 5.92 Å². The van der Waals surface area contributed by atoms with Crippen LogP contribution in [0, 0.1) is 0 Å². The Morgan fingerprint density at radius 1 is 1.31 bits per heavy atom. The van der Waals surface area contributed by atoms with Crippen LogP contribution >= 0.6 is 11.6 Å². The topological polar surface area (TPSA) is 32.6 Å². The van der Waals surface area contributed by atoms with E-state index in [-0.39, 0.29) is 5.17 Å². The summed E-state index contributed by atoms with van der Waals surface area (Å²) in [6.45, 7) is 4.24. The van der Waals surface area contributed by atoms with Gasteiger partial charge in [0.25, 0.3) is 0 Å². The Balaban J connectivity index is 2.94. The zero-order valence-electron chi connectivity index (χ0n) is 7.66. The highest BCUT2D eigenvalue weighted by atomic mass is 35.5. The summed E-state index contributed by atoms with van der Waals surface area (Å²) in [5, 5.41) is 11.5. The minimum absolute atomic E-state index is 0.121. The summed E-state index contributed by atoms with van der Waals surface area (Å²) in [5.74, 6) is 0.499. The molecule has 1 rings (SSSR count). The summed E-state index contributed by atoms with van der Waals surface area (Å²) < 4.78 is 0. The first-order valence-electron chi connectivity index (χ1n) is 4.13. The highest BCUT2D eigenvalue weighted by Gasteiger charge is 2.01. The van der Waals surface area contributed by atoms with Gasteiger partial charge in [0, 0.05) is 5.56 Å². The summed E-state index contributed by atoms with van der Waals surface area (Å²) in [5.41, 5.74) is 1.97. The molecule has 0 aliphatic carbocycles. The van der Waals surface area contributed by atoms with Crippen LogP contribution in [0.3, 0.4) is 0 Å². The lowest BCUT2D eigenvalue weighted by molar-refractivity contribution is 0.321. The number of halogens is 1. The van der Waals surface area contributed by atoms with E-state index in [0.717, 1.165) is 5.56 Å². The molecule has 0 heterocycles. The molecule has 1 aromatic carbocycles. The van der Waals surface area contributed by atoms with Crippen LogP contribution in [-0.4, -0.2) is 10.4 Å². The predicted octanol–water partition coefficient (Wildman–Crippen LogP) is 3.18. The van der Waals surface area contributed by atoms with E-state index in [1.807, 2.05) is 24.3 Å². The third-order valence-corrected chi connectivity index (χ3v) is 2.20. The normalized spacial score (nSPS) is 12.2. The van der Waals surface area contributed by atoms with Crippen LogP contribution in [0.1, 0.15) is 30.9 Å². The van der Waals surface area contributed by atoms with Crippen molar-refractivity contribution < 1.29 is 5.21 Å². The van der Waals surface area contributed by atoms with Gasteiger partial charge in [0.15, 0.2) is 5.17 Å². The Morgan fingerprint density at radius 2 is 1.85 bits per heavy atom. The van der Waals surface area contributed by atoms with Gasteiger partial charge in [-0.15, -0.1) is 0 Å². The molecule has 3 heteroatoms. The molecule has 13 heavy (non-hydrogen) atoms. The summed E-state index contributed by atoms with van der Waals surface area (Å²) in [6.07, 6.45) is 0. The molecule has 1 N–H and O–H groups in total. The molecule has 0 aromatic heterocycles. The van der Waals surface area contributed by atoms with Crippen LogP contribution < -0.4 is 0 Å². The lowest BCUT2D eigenvalue weighted by Gasteiger charge is -2.04. The van der Waals surface area contributed by atoms with Gasteiger partial charge in [0.2, 0.25) is 0 Å². The zero-order valence-corrected chi connectivity index (χ0v) is 8.42. The van der Waals surface area contributed by atoms with Gasteiger partial charge >= 0.3 is 0 Å². The molecule has 0 fully saturated rings. The SMILES string of the molecule is CC(C)c1ccc(C(Cl)=NO)cc1. The van der Waals surface area contributed by atoms with Gasteiger partial charge in [-0.1, -0.05) is 54.9 Å². The standard InChI is InChI=1S/C10H12ClNO/c1-7(2)8-3-5-9(6-4-8)10(11)12-13/h3-7,13H,1-2H3. The van der Waals surface area contributed by atoms with Crippen molar-refractivity contribution >= 4 is 16.8 Å². The summed E-state index contributed by atoms with van der Waals surface area (Å²) in [7, 11) is 0. The molecule has 0 amide bonds. The number of benzene rings is 1. The van der Waals surface area contributed by atoms with E-state index in [9.17, 15) is 0 Å². The van der Waals surface area contributed by atoms with Crippen LogP contribution in [-0.2, 0) is 0 Å². The van der Waals surface area contributed by atoms with Gasteiger partial charge in [0.1, 0.15) is 0 Å². The molecular formula is C10H12ClNO. The van der Waals surface area contributed by atoms with Crippen molar-refractivity contribution in [2.45, 2.75) is 19.8 Å². The molecule has 0 bridgehead atoms. The van der Waals surface area contributed by atoms with E-state index in [4.69, 9.17) is 16.8 Å². The smallest absolute Gasteiger partial charge is 0.175 e. The van der Waals surface area contributed by atoms with Crippen molar-refractivity contribution in [3.05, 3.63) is 35.4 Å². The van der Waals surface area contributed by atoms with E-state index in [2.05, 4.69) is 19.0 Å². The maximum absolute atomic E-state index is 8.42. The summed E-state index contributed by atoms with van der Waals surface area (Å²) >= 11 is 5.62. The molecular weight excluding hydrogens is 186 g/mol. The number of oxime groups is 1. The van der Waals surface area contributed by atoms with Gasteiger partial charge in [-0.3, -0.25) is 0 Å². The lowest BCUT2D eigenvalue weighted by atomic mass is 10.0. The molecule has 0 atom stereocenters. The largest absolute Gasteiger partial charge is 0.410 e. The molecule has 0 radical (unpaired) electrons. The van der Waals surface area contributed by atoms with Gasteiger partial charge in [-0.2, -0.15) is 0 Å². The average molecular weight is 198 g/mol. The fourth-order valence-corrected chi connectivity index (χ4v) is 1.19.